The van der Waals surface area contributed by atoms with Crippen molar-refractivity contribution < 1.29 is 4.79 Å². The smallest absolute Gasteiger partial charge is 0.233 e. The summed E-state index contributed by atoms with van der Waals surface area (Å²) in [4.78, 5) is 15.4. The maximum atomic E-state index is 12.3. The lowest BCUT2D eigenvalue weighted by molar-refractivity contribution is -0.134. The summed E-state index contributed by atoms with van der Waals surface area (Å²) in [5.41, 5.74) is -0.0768. The summed E-state index contributed by atoms with van der Waals surface area (Å²) in [5, 5.41) is 3.33. The normalized spacial score (nSPS) is 18.7. The van der Waals surface area contributed by atoms with Crippen LogP contribution in [0.5, 0.6) is 0 Å². The molecule has 1 aliphatic heterocycles. The van der Waals surface area contributed by atoms with Crippen molar-refractivity contribution in [2.45, 2.75) is 24.3 Å². The first-order valence-corrected chi connectivity index (χ1v) is 7.27. The molecule has 0 saturated carbocycles. The van der Waals surface area contributed by atoms with E-state index >= 15 is 0 Å². The molecule has 1 aromatic carbocycles. The predicted octanol–water partition coefficient (Wildman–Crippen LogP) is 1.99. The van der Waals surface area contributed by atoms with Crippen LogP contribution in [0.25, 0.3) is 0 Å². The van der Waals surface area contributed by atoms with Crippen molar-refractivity contribution in [3.8, 4) is 0 Å². The van der Waals surface area contributed by atoms with Crippen molar-refractivity contribution >= 4 is 17.7 Å². The van der Waals surface area contributed by atoms with Gasteiger partial charge in [-0.3, -0.25) is 4.79 Å². The summed E-state index contributed by atoms with van der Waals surface area (Å²) < 4.78 is 0. The van der Waals surface area contributed by atoms with Gasteiger partial charge in [0, 0.05) is 30.1 Å². The second-order valence-electron chi connectivity index (χ2n) is 5.14. The minimum atomic E-state index is -0.0768. The van der Waals surface area contributed by atoms with Gasteiger partial charge in [-0.2, -0.15) is 0 Å². The van der Waals surface area contributed by atoms with Gasteiger partial charge in [0.05, 0.1) is 5.75 Å². The van der Waals surface area contributed by atoms with Crippen molar-refractivity contribution in [2.75, 3.05) is 25.4 Å². The largest absolute Gasteiger partial charge is 0.334 e. The van der Waals surface area contributed by atoms with Gasteiger partial charge in [-0.15, -0.1) is 11.8 Å². The molecule has 4 heteroatoms. The number of nitrogens with zero attached hydrogens (tertiary/aromatic N) is 1. The Balaban J connectivity index is 1.91. The van der Waals surface area contributed by atoms with Gasteiger partial charge < -0.3 is 10.2 Å². The minimum absolute atomic E-state index is 0.0768. The third kappa shape index (κ3) is 3.27. The molecule has 2 rings (SSSR count). The number of piperazine rings is 1. The van der Waals surface area contributed by atoms with Gasteiger partial charge in [0.15, 0.2) is 0 Å². The number of benzene rings is 1. The van der Waals surface area contributed by atoms with Gasteiger partial charge >= 0.3 is 0 Å². The van der Waals surface area contributed by atoms with Crippen LogP contribution in [0.1, 0.15) is 13.8 Å². The van der Waals surface area contributed by atoms with Crippen LogP contribution in [0.3, 0.4) is 0 Å². The lowest BCUT2D eigenvalue weighted by Gasteiger charge is -2.42. The molecule has 1 aromatic rings. The van der Waals surface area contributed by atoms with Gasteiger partial charge in [0.25, 0.3) is 0 Å². The number of amides is 1. The molecule has 18 heavy (non-hydrogen) atoms. The molecule has 0 spiro atoms. The Bertz CT molecular complexity index is 406. The molecule has 1 amide bonds. The fourth-order valence-corrected chi connectivity index (χ4v) is 2.98. The molecule has 0 unspecified atom stereocenters. The molecule has 0 aromatic heterocycles. The number of rotatable bonds is 3. The van der Waals surface area contributed by atoms with E-state index < -0.39 is 0 Å². The number of nitrogens with one attached hydrogen (secondary N) is 1. The SMILES string of the molecule is CC1(C)CNCCN1C(=O)CSc1ccccc1. The Kier molecular flexibility index (Phi) is 4.30. The first-order chi connectivity index (χ1) is 8.59. The molecular formula is C14H20N2OS. The molecule has 0 aliphatic carbocycles. The van der Waals surface area contributed by atoms with Crippen LogP contribution in [0, 0.1) is 0 Å². The van der Waals surface area contributed by atoms with Crippen molar-refractivity contribution in [1.82, 2.24) is 10.2 Å². The van der Waals surface area contributed by atoms with E-state index in [-0.39, 0.29) is 11.4 Å². The number of thioether (sulfide) groups is 1. The molecule has 98 valence electrons. The number of hydrogen-bond donors (Lipinski definition) is 1. The lowest BCUT2D eigenvalue weighted by Crippen LogP contribution is -2.60. The van der Waals surface area contributed by atoms with E-state index in [1.807, 2.05) is 35.2 Å². The summed E-state index contributed by atoms with van der Waals surface area (Å²) in [7, 11) is 0. The molecule has 0 atom stereocenters. The fraction of sp³-hybridized carbons (Fsp3) is 0.500. The average molecular weight is 264 g/mol. The maximum absolute atomic E-state index is 12.3. The topological polar surface area (TPSA) is 32.3 Å². The fourth-order valence-electron chi connectivity index (χ4n) is 2.19. The maximum Gasteiger partial charge on any atom is 0.233 e. The van der Waals surface area contributed by atoms with Crippen molar-refractivity contribution in [3.05, 3.63) is 30.3 Å². The van der Waals surface area contributed by atoms with E-state index in [1.54, 1.807) is 11.8 Å². The second-order valence-corrected chi connectivity index (χ2v) is 6.19. The Morgan fingerprint density at radius 2 is 2.11 bits per heavy atom. The zero-order valence-corrected chi connectivity index (χ0v) is 11.8. The monoisotopic (exact) mass is 264 g/mol. The van der Waals surface area contributed by atoms with Gasteiger partial charge in [-0.1, -0.05) is 18.2 Å². The zero-order chi connectivity index (χ0) is 13.0. The molecule has 1 saturated heterocycles. The predicted molar refractivity (Wildman–Crippen MR) is 75.8 cm³/mol. The summed E-state index contributed by atoms with van der Waals surface area (Å²) >= 11 is 1.61. The lowest BCUT2D eigenvalue weighted by atomic mass is 10.0. The average Bonchev–Trinajstić information content (AvgIpc) is 2.37. The molecule has 1 N–H and O–H groups in total. The van der Waals surface area contributed by atoms with Crippen molar-refractivity contribution in [2.24, 2.45) is 0 Å². The van der Waals surface area contributed by atoms with Crippen LogP contribution in [-0.2, 0) is 4.79 Å². The van der Waals surface area contributed by atoms with E-state index in [9.17, 15) is 4.79 Å². The Labute approximate surface area is 113 Å². The van der Waals surface area contributed by atoms with Crippen LogP contribution >= 0.6 is 11.8 Å². The Hall–Kier alpha value is -1.00. The molecule has 1 fully saturated rings. The minimum Gasteiger partial charge on any atom is -0.334 e. The quantitative estimate of drug-likeness (QED) is 0.847. The number of carbonyl (C=O) groups is 1. The van der Waals surface area contributed by atoms with Gasteiger partial charge in [0.1, 0.15) is 0 Å². The first-order valence-electron chi connectivity index (χ1n) is 6.29. The molecule has 1 aliphatic rings. The van der Waals surface area contributed by atoms with Crippen LogP contribution in [0.2, 0.25) is 0 Å². The third-order valence-electron chi connectivity index (χ3n) is 3.21. The highest BCUT2D eigenvalue weighted by Gasteiger charge is 2.32. The zero-order valence-electron chi connectivity index (χ0n) is 11.0. The third-order valence-corrected chi connectivity index (χ3v) is 4.20. The first kappa shape index (κ1) is 13.4. The highest BCUT2D eigenvalue weighted by Crippen LogP contribution is 2.21. The Morgan fingerprint density at radius 3 is 2.78 bits per heavy atom. The van der Waals surface area contributed by atoms with Crippen molar-refractivity contribution in [3.63, 3.8) is 0 Å². The van der Waals surface area contributed by atoms with Crippen LogP contribution in [0.15, 0.2) is 35.2 Å². The van der Waals surface area contributed by atoms with E-state index in [0.717, 1.165) is 24.5 Å². The van der Waals surface area contributed by atoms with Crippen LogP contribution < -0.4 is 5.32 Å². The van der Waals surface area contributed by atoms with Gasteiger partial charge in [-0.05, 0) is 26.0 Å². The summed E-state index contributed by atoms with van der Waals surface area (Å²) in [6.45, 7) is 6.80. The number of hydrogen-bond acceptors (Lipinski definition) is 3. The standard InChI is InChI=1S/C14H20N2OS/c1-14(2)11-15-8-9-16(14)13(17)10-18-12-6-4-3-5-7-12/h3-7,15H,8-11H2,1-2H3. The van der Waals surface area contributed by atoms with Crippen molar-refractivity contribution in [1.29, 1.82) is 0 Å². The van der Waals surface area contributed by atoms with E-state index in [1.165, 1.54) is 0 Å². The van der Waals surface area contributed by atoms with Gasteiger partial charge in [0.2, 0.25) is 5.91 Å². The molecule has 0 bridgehead atoms. The molecule has 0 radical (unpaired) electrons. The highest BCUT2D eigenvalue weighted by molar-refractivity contribution is 8.00. The molecule has 3 nitrogen and oxygen atoms in total. The summed E-state index contributed by atoms with van der Waals surface area (Å²) in [6, 6.07) is 10.1. The van der Waals surface area contributed by atoms with Crippen LogP contribution in [0.4, 0.5) is 0 Å². The summed E-state index contributed by atoms with van der Waals surface area (Å²) in [6.07, 6.45) is 0. The highest BCUT2D eigenvalue weighted by atomic mass is 32.2. The molecular weight excluding hydrogens is 244 g/mol. The Morgan fingerprint density at radius 1 is 1.39 bits per heavy atom. The summed E-state index contributed by atoms with van der Waals surface area (Å²) in [5.74, 6) is 0.753. The second kappa shape index (κ2) is 5.76. The van der Waals surface area contributed by atoms with E-state index in [4.69, 9.17) is 0 Å². The van der Waals surface area contributed by atoms with E-state index in [0.29, 0.717) is 5.75 Å². The number of carbonyl (C=O) groups excluding carboxylic acids is 1. The van der Waals surface area contributed by atoms with E-state index in [2.05, 4.69) is 19.2 Å². The van der Waals surface area contributed by atoms with Crippen LogP contribution in [-0.4, -0.2) is 41.7 Å². The molecule has 1 heterocycles. The van der Waals surface area contributed by atoms with Gasteiger partial charge in [-0.25, -0.2) is 0 Å².